The molecule has 0 amide bonds. The Morgan fingerprint density at radius 3 is 2.74 bits per heavy atom. The Balaban J connectivity index is 1.85. The summed E-state index contributed by atoms with van der Waals surface area (Å²) in [6, 6.07) is 8.12. The molecule has 19 heavy (non-hydrogen) atoms. The molecule has 0 saturated carbocycles. The maximum absolute atomic E-state index is 11.1. The van der Waals surface area contributed by atoms with E-state index in [9.17, 15) is 5.11 Å². The van der Waals surface area contributed by atoms with Crippen molar-refractivity contribution in [3.05, 3.63) is 42.2 Å². The lowest BCUT2D eigenvalue weighted by Gasteiger charge is -2.37. The van der Waals surface area contributed by atoms with Crippen LogP contribution in [0.1, 0.15) is 31.2 Å². The summed E-state index contributed by atoms with van der Waals surface area (Å²) >= 11 is 0. The van der Waals surface area contributed by atoms with E-state index in [1.54, 1.807) is 6.20 Å². The van der Waals surface area contributed by atoms with E-state index in [-0.39, 0.29) is 12.2 Å². The van der Waals surface area contributed by atoms with Crippen LogP contribution in [0.4, 0.5) is 0 Å². The van der Waals surface area contributed by atoms with Gasteiger partial charge in [0.1, 0.15) is 0 Å². The maximum atomic E-state index is 11.1. The molecule has 2 saturated heterocycles. The van der Waals surface area contributed by atoms with E-state index in [1.165, 1.54) is 0 Å². The first kappa shape index (κ1) is 11.4. The van der Waals surface area contributed by atoms with Gasteiger partial charge in [-0.3, -0.25) is 4.98 Å². The molecule has 1 aromatic heterocycles. The Bertz CT molecular complexity index is 608. The third-order valence-electron chi connectivity index (χ3n) is 4.51. The number of nitrogens with zero attached hydrogens (tertiary/aromatic N) is 1. The summed E-state index contributed by atoms with van der Waals surface area (Å²) < 4.78 is 5.85. The number of hydrogen-bond acceptors (Lipinski definition) is 3. The molecule has 2 aliphatic rings. The van der Waals surface area contributed by atoms with Crippen molar-refractivity contribution in [2.75, 3.05) is 0 Å². The second-order valence-electron chi connectivity index (χ2n) is 5.80. The van der Waals surface area contributed by atoms with Crippen LogP contribution in [0.15, 0.2) is 36.7 Å². The molecule has 2 atom stereocenters. The summed E-state index contributed by atoms with van der Waals surface area (Å²) in [6.07, 6.45) is 7.66. The van der Waals surface area contributed by atoms with Crippen LogP contribution in [0.3, 0.4) is 0 Å². The van der Waals surface area contributed by atoms with Gasteiger partial charge in [-0.2, -0.15) is 0 Å². The summed E-state index contributed by atoms with van der Waals surface area (Å²) in [6.45, 7) is 0. The van der Waals surface area contributed by atoms with Crippen molar-refractivity contribution in [3.63, 3.8) is 0 Å². The Labute approximate surface area is 112 Å². The molecule has 4 rings (SSSR count). The molecule has 2 bridgehead atoms. The fraction of sp³-hybridized carbons (Fsp3) is 0.438. The third kappa shape index (κ3) is 1.77. The second-order valence-corrected chi connectivity index (χ2v) is 5.80. The van der Waals surface area contributed by atoms with Gasteiger partial charge in [-0.05, 0) is 29.9 Å². The molecule has 0 radical (unpaired) electrons. The number of fused-ring (bicyclic) bond motifs is 3. The lowest BCUT2D eigenvalue weighted by molar-refractivity contribution is -0.114. The van der Waals surface area contributed by atoms with E-state index in [4.69, 9.17) is 4.74 Å². The SMILES string of the molecule is OC1(c2cccc3ccncc23)CC2CCC(C1)O2. The fourth-order valence-corrected chi connectivity index (χ4v) is 3.66. The zero-order valence-corrected chi connectivity index (χ0v) is 10.7. The van der Waals surface area contributed by atoms with Gasteiger partial charge in [0.15, 0.2) is 0 Å². The van der Waals surface area contributed by atoms with Crippen molar-refractivity contribution in [2.45, 2.75) is 43.5 Å². The first-order valence-electron chi connectivity index (χ1n) is 6.96. The highest BCUT2D eigenvalue weighted by atomic mass is 16.5. The highest BCUT2D eigenvalue weighted by molar-refractivity contribution is 5.85. The Morgan fingerprint density at radius 1 is 1.16 bits per heavy atom. The molecule has 1 aromatic carbocycles. The molecule has 98 valence electrons. The van der Waals surface area contributed by atoms with Crippen LogP contribution >= 0.6 is 0 Å². The van der Waals surface area contributed by atoms with Crippen LogP contribution in [-0.4, -0.2) is 22.3 Å². The average Bonchev–Trinajstić information content (AvgIpc) is 2.78. The zero-order chi connectivity index (χ0) is 12.9. The van der Waals surface area contributed by atoms with Crippen LogP contribution in [0, 0.1) is 0 Å². The molecular formula is C16H17NO2. The molecule has 2 unspecified atom stereocenters. The number of pyridine rings is 1. The Morgan fingerprint density at radius 2 is 1.95 bits per heavy atom. The van der Waals surface area contributed by atoms with Crippen molar-refractivity contribution in [1.29, 1.82) is 0 Å². The Hall–Kier alpha value is -1.45. The van der Waals surface area contributed by atoms with Crippen LogP contribution in [0.2, 0.25) is 0 Å². The van der Waals surface area contributed by atoms with Gasteiger partial charge in [0.25, 0.3) is 0 Å². The van der Waals surface area contributed by atoms with Crippen LogP contribution in [0.25, 0.3) is 10.8 Å². The van der Waals surface area contributed by atoms with Gasteiger partial charge in [-0.25, -0.2) is 0 Å². The standard InChI is InChI=1S/C16H17NO2/c18-16(8-12-4-5-13(9-16)19-12)15-3-1-2-11-6-7-17-10-14(11)15/h1-3,6-7,10,12-13,18H,4-5,8-9H2. The van der Waals surface area contributed by atoms with Gasteiger partial charge in [-0.15, -0.1) is 0 Å². The molecule has 2 fully saturated rings. The minimum absolute atomic E-state index is 0.218. The lowest BCUT2D eigenvalue weighted by Crippen LogP contribution is -2.38. The van der Waals surface area contributed by atoms with Gasteiger partial charge in [0.05, 0.1) is 17.8 Å². The third-order valence-corrected chi connectivity index (χ3v) is 4.51. The molecule has 0 spiro atoms. The highest BCUT2D eigenvalue weighted by Crippen LogP contribution is 2.45. The lowest BCUT2D eigenvalue weighted by atomic mass is 9.81. The molecule has 0 aliphatic carbocycles. The largest absolute Gasteiger partial charge is 0.385 e. The first-order valence-corrected chi connectivity index (χ1v) is 6.96. The number of benzene rings is 1. The number of aliphatic hydroxyl groups is 1. The minimum Gasteiger partial charge on any atom is -0.385 e. The quantitative estimate of drug-likeness (QED) is 0.852. The van der Waals surface area contributed by atoms with E-state index in [0.717, 1.165) is 29.2 Å². The number of aromatic nitrogens is 1. The molecule has 3 nitrogen and oxygen atoms in total. The van der Waals surface area contributed by atoms with Gasteiger partial charge < -0.3 is 9.84 Å². The summed E-state index contributed by atoms with van der Waals surface area (Å²) in [5.41, 5.74) is 0.255. The molecule has 3 heterocycles. The van der Waals surface area contributed by atoms with Crippen molar-refractivity contribution in [1.82, 2.24) is 4.98 Å². The van der Waals surface area contributed by atoms with Crippen molar-refractivity contribution < 1.29 is 9.84 Å². The predicted molar refractivity (Wildman–Crippen MR) is 72.8 cm³/mol. The molecule has 1 N–H and O–H groups in total. The smallest absolute Gasteiger partial charge is 0.0952 e. The summed E-state index contributed by atoms with van der Waals surface area (Å²) in [5.74, 6) is 0. The predicted octanol–water partition coefficient (Wildman–Crippen LogP) is 2.76. The van der Waals surface area contributed by atoms with Crippen molar-refractivity contribution in [2.24, 2.45) is 0 Å². The Kier molecular flexibility index (Phi) is 2.41. The minimum atomic E-state index is -0.757. The van der Waals surface area contributed by atoms with Crippen LogP contribution in [0.5, 0.6) is 0 Å². The topological polar surface area (TPSA) is 42.4 Å². The fourth-order valence-electron chi connectivity index (χ4n) is 3.66. The van der Waals surface area contributed by atoms with E-state index in [0.29, 0.717) is 12.8 Å². The van der Waals surface area contributed by atoms with Crippen molar-refractivity contribution >= 4 is 10.8 Å². The van der Waals surface area contributed by atoms with E-state index in [2.05, 4.69) is 11.1 Å². The summed E-state index contributed by atoms with van der Waals surface area (Å²) in [7, 11) is 0. The molecule has 2 aliphatic heterocycles. The van der Waals surface area contributed by atoms with Crippen molar-refractivity contribution in [3.8, 4) is 0 Å². The molecular weight excluding hydrogens is 238 g/mol. The van der Waals surface area contributed by atoms with E-state index >= 15 is 0 Å². The zero-order valence-electron chi connectivity index (χ0n) is 10.7. The van der Waals surface area contributed by atoms with Gasteiger partial charge in [-0.1, -0.05) is 18.2 Å². The van der Waals surface area contributed by atoms with E-state index < -0.39 is 5.60 Å². The normalized spacial score (nSPS) is 33.7. The molecule has 2 aromatic rings. The number of rotatable bonds is 1. The van der Waals surface area contributed by atoms with E-state index in [1.807, 2.05) is 24.4 Å². The maximum Gasteiger partial charge on any atom is 0.0952 e. The first-order chi connectivity index (χ1) is 9.24. The second kappa shape index (κ2) is 4.02. The highest BCUT2D eigenvalue weighted by Gasteiger charge is 2.45. The summed E-state index contributed by atoms with van der Waals surface area (Å²) in [4.78, 5) is 4.21. The number of ether oxygens (including phenoxy) is 1. The number of hydrogen-bond donors (Lipinski definition) is 1. The van der Waals surface area contributed by atoms with Crippen LogP contribution in [-0.2, 0) is 10.3 Å². The molecule has 3 heteroatoms. The van der Waals surface area contributed by atoms with Gasteiger partial charge in [0.2, 0.25) is 0 Å². The van der Waals surface area contributed by atoms with Crippen LogP contribution < -0.4 is 0 Å². The average molecular weight is 255 g/mol. The monoisotopic (exact) mass is 255 g/mol. The van der Waals surface area contributed by atoms with Gasteiger partial charge in [0, 0.05) is 30.6 Å². The summed E-state index contributed by atoms with van der Waals surface area (Å²) in [5, 5.41) is 13.3. The van der Waals surface area contributed by atoms with Gasteiger partial charge >= 0.3 is 0 Å².